The van der Waals surface area contributed by atoms with Crippen LogP contribution in [-0.4, -0.2) is 23.8 Å². The number of alkyl halides is 3. The van der Waals surface area contributed by atoms with E-state index in [9.17, 15) is 18.0 Å². The van der Waals surface area contributed by atoms with Crippen molar-refractivity contribution >= 4 is 28.1 Å². The summed E-state index contributed by atoms with van der Waals surface area (Å²) >= 11 is 1.32. The van der Waals surface area contributed by atoms with Crippen LogP contribution >= 0.6 is 11.3 Å². The summed E-state index contributed by atoms with van der Waals surface area (Å²) in [5, 5.41) is 8.12. The summed E-state index contributed by atoms with van der Waals surface area (Å²) in [7, 11) is 0. The fourth-order valence-electron chi connectivity index (χ4n) is 1.94. The van der Waals surface area contributed by atoms with E-state index in [1.165, 1.54) is 35.6 Å². The number of rotatable bonds is 8. The van der Waals surface area contributed by atoms with Crippen molar-refractivity contribution in [3.05, 3.63) is 35.3 Å². The summed E-state index contributed by atoms with van der Waals surface area (Å²) in [4.78, 5) is 16.0. The molecule has 1 amide bonds. The second kappa shape index (κ2) is 8.70. The highest BCUT2D eigenvalue weighted by Gasteiger charge is 2.30. The Kier molecular flexibility index (Phi) is 6.63. The largest absolute Gasteiger partial charge is 0.573 e. The van der Waals surface area contributed by atoms with Gasteiger partial charge in [-0.3, -0.25) is 4.79 Å². The van der Waals surface area contributed by atoms with Gasteiger partial charge in [0.1, 0.15) is 5.75 Å². The highest BCUT2D eigenvalue weighted by molar-refractivity contribution is 7.13. The number of thiazole rings is 1. The molecule has 0 spiro atoms. The maximum absolute atomic E-state index is 12.1. The Hall–Kier alpha value is -2.29. The van der Waals surface area contributed by atoms with Gasteiger partial charge in [0.25, 0.3) is 0 Å². The van der Waals surface area contributed by atoms with Crippen molar-refractivity contribution < 1.29 is 22.7 Å². The number of hydrogen-bond acceptors (Lipinski definition) is 5. The zero-order valence-electron chi connectivity index (χ0n) is 13.5. The molecule has 0 aliphatic heterocycles. The summed E-state index contributed by atoms with van der Waals surface area (Å²) < 4.78 is 40.2. The molecule has 0 saturated heterocycles. The van der Waals surface area contributed by atoms with Crippen LogP contribution in [0.15, 0.2) is 29.6 Å². The number of benzene rings is 1. The molecule has 9 heteroatoms. The van der Waals surface area contributed by atoms with Crippen LogP contribution in [0.1, 0.15) is 25.5 Å². The molecule has 0 atom stereocenters. The molecule has 0 radical (unpaired) electrons. The van der Waals surface area contributed by atoms with E-state index in [4.69, 9.17) is 0 Å². The molecule has 1 aromatic carbocycles. The van der Waals surface area contributed by atoms with Crippen LogP contribution in [0.5, 0.6) is 5.75 Å². The van der Waals surface area contributed by atoms with E-state index in [2.05, 4.69) is 20.4 Å². The molecule has 2 N–H and O–H groups in total. The number of carbonyl (C=O) groups excluding carboxylic acids is 1. The van der Waals surface area contributed by atoms with Crippen molar-refractivity contribution in [2.75, 3.05) is 11.9 Å². The topological polar surface area (TPSA) is 63.2 Å². The number of amides is 1. The second-order valence-electron chi connectivity index (χ2n) is 5.22. The molecule has 25 heavy (non-hydrogen) atoms. The molecule has 0 aliphatic rings. The maximum Gasteiger partial charge on any atom is 0.573 e. The fourth-order valence-corrected chi connectivity index (χ4v) is 2.67. The monoisotopic (exact) mass is 373 g/mol. The van der Waals surface area contributed by atoms with Crippen molar-refractivity contribution in [1.82, 2.24) is 10.3 Å². The van der Waals surface area contributed by atoms with Gasteiger partial charge in [-0.05, 0) is 30.7 Å². The predicted molar refractivity (Wildman–Crippen MR) is 90.1 cm³/mol. The Balaban J connectivity index is 1.87. The van der Waals surface area contributed by atoms with E-state index in [1.54, 1.807) is 5.38 Å². The third-order valence-electron chi connectivity index (χ3n) is 3.09. The first kappa shape index (κ1) is 19.0. The quantitative estimate of drug-likeness (QED) is 0.679. The molecule has 0 saturated carbocycles. The number of hydrogen-bond donors (Lipinski definition) is 2. The Morgan fingerprint density at radius 3 is 2.64 bits per heavy atom. The van der Waals surface area contributed by atoms with Gasteiger partial charge in [-0.15, -0.1) is 24.5 Å². The van der Waals surface area contributed by atoms with Crippen LogP contribution in [0.2, 0.25) is 0 Å². The lowest BCUT2D eigenvalue weighted by Gasteiger charge is -2.09. The molecule has 1 aromatic heterocycles. The summed E-state index contributed by atoms with van der Waals surface area (Å²) in [5.41, 5.74) is 1.21. The minimum Gasteiger partial charge on any atom is -0.406 e. The molecular formula is C16H18F3N3O2S. The van der Waals surface area contributed by atoms with Crippen LogP contribution in [0.3, 0.4) is 0 Å². The molecule has 136 valence electrons. The first-order chi connectivity index (χ1) is 11.9. The van der Waals surface area contributed by atoms with E-state index in [0.29, 0.717) is 23.1 Å². The maximum atomic E-state index is 12.1. The predicted octanol–water partition coefficient (Wildman–Crippen LogP) is 4.24. The van der Waals surface area contributed by atoms with Crippen molar-refractivity contribution in [1.29, 1.82) is 0 Å². The molecule has 2 rings (SSSR count). The van der Waals surface area contributed by atoms with Gasteiger partial charge in [0.05, 0.1) is 12.1 Å². The van der Waals surface area contributed by atoms with Gasteiger partial charge in [-0.2, -0.15) is 0 Å². The molecule has 0 fully saturated rings. The highest BCUT2D eigenvalue weighted by Crippen LogP contribution is 2.26. The number of aromatic nitrogens is 1. The molecule has 1 heterocycles. The summed E-state index contributed by atoms with van der Waals surface area (Å²) in [6.07, 6.45) is -2.57. The van der Waals surface area contributed by atoms with Crippen LogP contribution in [0.25, 0.3) is 0 Å². The molecule has 0 unspecified atom stereocenters. The first-order valence-electron chi connectivity index (χ1n) is 7.69. The number of nitrogens with zero attached hydrogens (tertiary/aromatic N) is 1. The number of carbonyl (C=O) groups is 1. The molecule has 2 aromatic rings. The number of anilines is 2. The molecular weight excluding hydrogens is 355 g/mol. The molecule has 5 nitrogen and oxygen atoms in total. The van der Waals surface area contributed by atoms with Crippen molar-refractivity contribution in [3.8, 4) is 5.75 Å². The Morgan fingerprint density at radius 2 is 2.00 bits per heavy atom. The van der Waals surface area contributed by atoms with Crippen LogP contribution in [0, 0.1) is 0 Å². The van der Waals surface area contributed by atoms with Crippen molar-refractivity contribution in [2.45, 2.75) is 32.5 Å². The van der Waals surface area contributed by atoms with Gasteiger partial charge in [0.15, 0.2) is 5.13 Å². The highest BCUT2D eigenvalue weighted by atomic mass is 32.1. The summed E-state index contributed by atoms with van der Waals surface area (Å²) in [6.45, 7) is 2.70. The average Bonchev–Trinajstić information content (AvgIpc) is 2.95. The number of nitrogens with one attached hydrogen (secondary N) is 2. The van der Waals surface area contributed by atoms with Gasteiger partial charge >= 0.3 is 6.36 Å². The number of halogens is 3. The van der Waals surface area contributed by atoms with E-state index in [1.807, 2.05) is 6.92 Å². The SMILES string of the molecule is CCCCNC(=O)Cc1csc(Nc2ccc(OC(F)(F)F)cc2)n1. The van der Waals surface area contributed by atoms with Crippen LogP contribution < -0.4 is 15.4 Å². The molecule has 0 bridgehead atoms. The lowest BCUT2D eigenvalue weighted by atomic mass is 10.3. The minimum atomic E-state index is -4.71. The van der Waals surface area contributed by atoms with Crippen LogP contribution in [-0.2, 0) is 11.2 Å². The van der Waals surface area contributed by atoms with Gasteiger partial charge in [0.2, 0.25) is 5.91 Å². The van der Waals surface area contributed by atoms with E-state index < -0.39 is 6.36 Å². The van der Waals surface area contributed by atoms with Gasteiger partial charge in [0, 0.05) is 17.6 Å². The lowest BCUT2D eigenvalue weighted by Crippen LogP contribution is -2.26. The van der Waals surface area contributed by atoms with Crippen molar-refractivity contribution in [2.24, 2.45) is 0 Å². The van der Waals surface area contributed by atoms with E-state index in [-0.39, 0.29) is 18.1 Å². The fraction of sp³-hybridized carbons (Fsp3) is 0.375. The third-order valence-corrected chi connectivity index (χ3v) is 3.89. The normalized spacial score (nSPS) is 11.2. The Morgan fingerprint density at radius 1 is 1.28 bits per heavy atom. The summed E-state index contributed by atoms with van der Waals surface area (Å²) in [5.74, 6) is -0.374. The van der Waals surface area contributed by atoms with Crippen molar-refractivity contribution in [3.63, 3.8) is 0 Å². The van der Waals surface area contributed by atoms with Gasteiger partial charge in [-0.25, -0.2) is 4.98 Å². The standard InChI is InChI=1S/C16H18F3N3O2S/c1-2-3-8-20-14(23)9-12-10-25-15(22-12)21-11-4-6-13(7-5-11)24-16(17,18)19/h4-7,10H,2-3,8-9H2,1H3,(H,20,23)(H,21,22). The molecule has 0 aliphatic carbocycles. The Labute approximate surface area is 147 Å². The zero-order chi connectivity index (χ0) is 18.3. The zero-order valence-corrected chi connectivity index (χ0v) is 14.3. The average molecular weight is 373 g/mol. The minimum absolute atomic E-state index is 0.0843. The number of unbranched alkanes of at least 4 members (excludes halogenated alkanes) is 1. The van der Waals surface area contributed by atoms with Gasteiger partial charge < -0.3 is 15.4 Å². The second-order valence-corrected chi connectivity index (χ2v) is 6.08. The van der Waals surface area contributed by atoms with E-state index in [0.717, 1.165) is 12.8 Å². The third kappa shape index (κ3) is 7.00. The van der Waals surface area contributed by atoms with Crippen LogP contribution in [0.4, 0.5) is 24.0 Å². The van der Waals surface area contributed by atoms with E-state index >= 15 is 0 Å². The lowest BCUT2D eigenvalue weighted by molar-refractivity contribution is -0.274. The Bertz CT molecular complexity index is 687. The van der Waals surface area contributed by atoms with Gasteiger partial charge in [-0.1, -0.05) is 13.3 Å². The first-order valence-corrected chi connectivity index (χ1v) is 8.57. The number of ether oxygens (including phenoxy) is 1. The summed E-state index contributed by atoms with van der Waals surface area (Å²) in [6, 6.07) is 5.34. The smallest absolute Gasteiger partial charge is 0.406 e.